The zero-order chi connectivity index (χ0) is 20.4. The van der Waals surface area contributed by atoms with Gasteiger partial charge in [0.2, 0.25) is 0 Å². The average molecular weight is 396 g/mol. The fraction of sp³-hybridized carbons (Fsp3) is 0.381. The summed E-state index contributed by atoms with van der Waals surface area (Å²) >= 11 is 0. The van der Waals surface area contributed by atoms with Crippen molar-refractivity contribution in [1.29, 1.82) is 0 Å². The number of furan rings is 1. The quantitative estimate of drug-likeness (QED) is 0.645. The summed E-state index contributed by atoms with van der Waals surface area (Å²) in [7, 11) is 0. The van der Waals surface area contributed by atoms with Gasteiger partial charge in [0.1, 0.15) is 23.6 Å². The van der Waals surface area contributed by atoms with Gasteiger partial charge in [0, 0.05) is 23.1 Å². The van der Waals surface area contributed by atoms with Gasteiger partial charge in [-0.05, 0) is 57.4 Å². The Balaban J connectivity index is 1.29. The molecule has 2 amide bonds. The Hall–Kier alpha value is -3.29. The van der Waals surface area contributed by atoms with E-state index in [0.717, 1.165) is 53.8 Å². The van der Waals surface area contributed by atoms with Crippen LogP contribution in [0.2, 0.25) is 0 Å². The summed E-state index contributed by atoms with van der Waals surface area (Å²) < 4.78 is 13.1. The molecule has 29 heavy (non-hydrogen) atoms. The molecule has 0 radical (unpaired) electrons. The fourth-order valence-electron chi connectivity index (χ4n) is 3.67. The number of amides is 2. The minimum atomic E-state index is -0.443. The predicted octanol–water partition coefficient (Wildman–Crippen LogP) is 2.35. The Bertz CT molecular complexity index is 1070. The number of fused-ring (bicyclic) bond motifs is 3. The van der Waals surface area contributed by atoms with Crippen molar-refractivity contribution >= 4 is 22.8 Å². The van der Waals surface area contributed by atoms with E-state index in [1.807, 2.05) is 32.0 Å². The summed E-state index contributed by atoms with van der Waals surface area (Å²) in [6.07, 6.45) is 4.29. The highest BCUT2D eigenvalue weighted by Crippen LogP contribution is 2.33. The molecule has 0 saturated carbocycles. The molecule has 2 heterocycles. The molecule has 0 spiro atoms. The molecule has 3 aromatic rings. The first-order valence-corrected chi connectivity index (χ1v) is 9.75. The zero-order valence-electron chi connectivity index (χ0n) is 16.6. The number of benzene rings is 1. The van der Waals surface area contributed by atoms with E-state index < -0.39 is 5.91 Å². The van der Waals surface area contributed by atoms with Gasteiger partial charge in [-0.15, -0.1) is 0 Å². The molecule has 8 heteroatoms. The monoisotopic (exact) mass is 396 g/mol. The van der Waals surface area contributed by atoms with E-state index in [0.29, 0.717) is 5.75 Å². The van der Waals surface area contributed by atoms with Crippen LogP contribution in [-0.2, 0) is 29.0 Å². The second kappa shape index (κ2) is 7.98. The Kier molecular flexibility index (Phi) is 5.24. The average Bonchev–Trinajstić information content (AvgIpc) is 3.23. The molecule has 2 aromatic heterocycles. The van der Waals surface area contributed by atoms with Crippen LogP contribution in [0.3, 0.4) is 0 Å². The third-order valence-corrected chi connectivity index (χ3v) is 5.03. The highest BCUT2D eigenvalue weighted by Gasteiger charge is 2.18. The summed E-state index contributed by atoms with van der Waals surface area (Å²) in [4.78, 5) is 24.0. The van der Waals surface area contributed by atoms with Crippen molar-refractivity contribution in [3.8, 4) is 5.75 Å². The Morgan fingerprint density at radius 1 is 1.14 bits per heavy atom. The summed E-state index contributed by atoms with van der Waals surface area (Å²) in [5.41, 5.74) is 8.55. The largest absolute Gasteiger partial charge is 0.484 e. The first-order chi connectivity index (χ1) is 14.0. The Morgan fingerprint density at radius 3 is 2.72 bits per heavy atom. The van der Waals surface area contributed by atoms with E-state index in [1.54, 1.807) is 10.7 Å². The van der Waals surface area contributed by atoms with Gasteiger partial charge >= 0.3 is 0 Å². The number of hydrazine groups is 1. The minimum absolute atomic E-state index is 0.0308. The van der Waals surface area contributed by atoms with Crippen LogP contribution in [0.4, 0.5) is 0 Å². The molecule has 1 aliphatic rings. The molecular formula is C21H24N4O4. The maximum absolute atomic E-state index is 12.0. The second-order valence-corrected chi connectivity index (χ2v) is 7.34. The SMILES string of the molecule is Cc1cc(C)n(CC(=O)NNC(=O)COc2ccc3oc4c(c3c2)CCCC4)n1. The number of carbonyl (C=O) groups excluding carboxylic acids is 2. The van der Waals surface area contributed by atoms with E-state index in [1.165, 1.54) is 5.56 Å². The Morgan fingerprint density at radius 2 is 1.93 bits per heavy atom. The number of nitrogens with zero attached hydrogens (tertiary/aromatic N) is 2. The van der Waals surface area contributed by atoms with Crippen molar-refractivity contribution in [2.75, 3.05) is 6.61 Å². The van der Waals surface area contributed by atoms with Crippen LogP contribution in [0.15, 0.2) is 28.7 Å². The van der Waals surface area contributed by atoms with Crippen LogP contribution >= 0.6 is 0 Å². The predicted molar refractivity (Wildman–Crippen MR) is 106 cm³/mol. The van der Waals surface area contributed by atoms with E-state index in [9.17, 15) is 9.59 Å². The number of aromatic nitrogens is 2. The molecule has 0 unspecified atom stereocenters. The van der Waals surface area contributed by atoms with Gasteiger partial charge in [-0.3, -0.25) is 25.1 Å². The van der Waals surface area contributed by atoms with Crippen LogP contribution in [0.1, 0.15) is 35.6 Å². The topological polar surface area (TPSA) is 98.4 Å². The summed E-state index contributed by atoms with van der Waals surface area (Å²) in [6.45, 7) is 3.56. The molecule has 1 aliphatic carbocycles. The molecule has 1 aromatic carbocycles. The van der Waals surface area contributed by atoms with Crippen molar-refractivity contribution in [3.63, 3.8) is 0 Å². The number of hydrogen-bond acceptors (Lipinski definition) is 5. The number of rotatable bonds is 5. The minimum Gasteiger partial charge on any atom is -0.484 e. The maximum Gasteiger partial charge on any atom is 0.276 e. The molecule has 0 bridgehead atoms. The molecule has 0 saturated heterocycles. The molecule has 2 N–H and O–H groups in total. The second-order valence-electron chi connectivity index (χ2n) is 7.34. The normalized spacial score (nSPS) is 13.2. The lowest BCUT2D eigenvalue weighted by atomic mass is 9.96. The molecular weight excluding hydrogens is 372 g/mol. The number of nitrogens with one attached hydrogen (secondary N) is 2. The van der Waals surface area contributed by atoms with Gasteiger partial charge in [0.05, 0.1) is 5.69 Å². The third-order valence-electron chi connectivity index (χ3n) is 5.03. The number of aryl methyl sites for hydroxylation is 4. The van der Waals surface area contributed by atoms with Crippen molar-refractivity contribution in [3.05, 3.63) is 47.0 Å². The van der Waals surface area contributed by atoms with Gasteiger partial charge < -0.3 is 9.15 Å². The van der Waals surface area contributed by atoms with Gasteiger partial charge in [0.25, 0.3) is 11.8 Å². The highest BCUT2D eigenvalue weighted by molar-refractivity contribution is 5.85. The van der Waals surface area contributed by atoms with Crippen molar-refractivity contribution < 1.29 is 18.7 Å². The Labute approximate surface area is 168 Å². The van der Waals surface area contributed by atoms with Crippen molar-refractivity contribution in [2.24, 2.45) is 0 Å². The molecule has 0 aliphatic heterocycles. The van der Waals surface area contributed by atoms with E-state index in [-0.39, 0.29) is 19.1 Å². The molecule has 0 atom stereocenters. The van der Waals surface area contributed by atoms with Crippen LogP contribution in [-0.4, -0.2) is 28.2 Å². The van der Waals surface area contributed by atoms with Crippen LogP contribution in [0, 0.1) is 13.8 Å². The van der Waals surface area contributed by atoms with Crippen LogP contribution < -0.4 is 15.6 Å². The maximum atomic E-state index is 12.0. The van der Waals surface area contributed by atoms with Gasteiger partial charge in [-0.1, -0.05) is 0 Å². The van der Waals surface area contributed by atoms with E-state index in [4.69, 9.17) is 9.15 Å². The lowest BCUT2D eigenvalue weighted by molar-refractivity contribution is -0.130. The third kappa shape index (κ3) is 4.26. The standard InChI is InChI=1S/C21H24N4O4/c1-13-9-14(2)25(24-13)11-20(26)22-23-21(27)12-28-15-7-8-19-17(10-15)16-5-3-4-6-18(16)29-19/h7-10H,3-6,11-12H2,1-2H3,(H,22,26)(H,23,27). The first-order valence-electron chi connectivity index (χ1n) is 9.75. The van der Waals surface area contributed by atoms with Crippen LogP contribution in [0.25, 0.3) is 11.0 Å². The molecule has 4 rings (SSSR count). The van der Waals surface area contributed by atoms with Gasteiger partial charge in [0.15, 0.2) is 6.61 Å². The van der Waals surface area contributed by atoms with Gasteiger partial charge in [-0.25, -0.2) is 0 Å². The lowest BCUT2D eigenvalue weighted by Gasteiger charge is -2.10. The fourth-order valence-corrected chi connectivity index (χ4v) is 3.67. The molecule has 152 valence electrons. The van der Waals surface area contributed by atoms with E-state index in [2.05, 4.69) is 16.0 Å². The van der Waals surface area contributed by atoms with Crippen molar-refractivity contribution in [2.45, 2.75) is 46.1 Å². The smallest absolute Gasteiger partial charge is 0.276 e. The van der Waals surface area contributed by atoms with Gasteiger partial charge in [-0.2, -0.15) is 5.10 Å². The lowest BCUT2D eigenvalue weighted by Crippen LogP contribution is -2.45. The highest BCUT2D eigenvalue weighted by atomic mass is 16.5. The van der Waals surface area contributed by atoms with E-state index >= 15 is 0 Å². The summed E-state index contributed by atoms with van der Waals surface area (Å²) in [5, 5.41) is 5.27. The number of carbonyl (C=O) groups is 2. The van der Waals surface area contributed by atoms with Crippen LogP contribution in [0.5, 0.6) is 5.75 Å². The summed E-state index contributed by atoms with van der Waals surface area (Å²) in [5.74, 6) is 0.847. The number of ether oxygens (including phenoxy) is 1. The van der Waals surface area contributed by atoms with Crippen molar-refractivity contribution in [1.82, 2.24) is 20.6 Å². The molecule has 8 nitrogen and oxygen atoms in total. The number of hydrogen-bond donors (Lipinski definition) is 2. The summed E-state index contributed by atoms with van der Waals surface area (Å²) in [6, 6.07) is 7.45. The molecule has 0 fully saturated rings. The first kappa shape index (κ1) is 19.0. The zero-order valence-corrected chi connectivity index (χ0v) is 16.6.